The number of ether oxygens (including phenoxy) is 8. The molecule has 0 aromatic heterocycles. The van der Waals surface area contributed by atoms with Crippen molar-refractivity contribution in [3.05, 3.63) is 125 Å². The molecule has 0 aliphatic carbocycles. The van der Waals surface area contributed by atoms with Crippen molar-refractivity contribution >= 4 is 45.8 Å². The summed E-state index contributed by atoms with van der Waals surface area (Å²) < 4.78 is 76.4. The van der Waals surface area contributed by atoms with E-state index in [-0.39, 0.29) is 34.6 Å². The second kappa shape index (κ2) is 21.5. The molecule has 0 amide bonds. The molecule has 15 heteroatoms. The van der Waals surface area contributed by atoms with Crippen molar-refractivity contribution in [3.63, 3.8) is 0 Å². The zero-order chi connectivity index (χ0) is 47.8. The highest BCUT2D eigenvalue weighted by Crippen LogP contribution is 2.47. The van der Waals surface area contributed by atoms with Crippen LogP contribution in [0.15, 0.2) is 112 Å². The molecule has 2 aliphatic heterocycles. The van der Waals surface area contributed by atoms with Gasteiger partial charge in [0, 0.05) is 20.9 Å². The number of hydrogen-bond donors (Lipinski definition) is 1. The number of rotatable bonds is 17. The minimum absolute atomic E-state index is 0.0280. The molecular weight excluding hydrogens is 901 g/mol. The van der Waals surface area contributed by atoms with Gasteiger partial charge in [-0.05, 0) is 131 Å². The first-order chi connectivity index (χ1) is 31.4. The van der Waals surface area contributed by atoms with E-state index in [1.807, 2.05) is 107 Å². The van der Waals surface area contributed by atoms with Crippen LogP contribution in [-0.4, -0.2) is 80.6 Å². The highest BCUT2D eigenvalue weighted by Gasteiger charge is 2.27. The molecule has 5 aromatic rings. The van der Waals surface area contributed by atoms with Gasteiger partial charge in [-0.15, -0.1) is 23.5 Å². The van der Waals surface area contributed by atoms with Gasteiger partial charge in [0.2, 0.25) is 11.5 Å². The summed E-state index contributed by atoms with van der Waals surface area (Å²) in [7, 11) is 5.38. The van der Waals surface area contributed by atoms with Gasteiger partial charge in [-0.2, -0.15) is 8.42 Å². The Hall–Kier alpha value is -5.45. The zero-order valence-corrected chi connectivity index (χ0v) is 41.6. The molecule has 0 radical (unpaired) electrons. The van der Waals surface area contributed by atoms with Gasteiger partial charge in [0.1, 0.15) is 22.7 Å². The van der Waals surface area contributed by atoms with Crippen LogP contribution < -0.4 is 37.9 Å². The number of aryl methyl sites for hydroxylation is 1. The SMILES string of the molecule is COc1cc(C(CO)Sc2ccc3c(c2)C=CC(C)(C)O3)cc(OC)c1OC.COc1cc(C(COS(=O)(=O)c2ccc(C)cc2)Sc2ccc3c(c2)C=CC(C)(C)O3)cc(OC)c1OC. The van der Waals surface area contributed by atoms with Crippen molar-refractivity contribution in [2.75, 3.05) is 55.9 Å². The van der Waals surface area contributed by atoms with Gasteiger partial charge >= 0.3 is 0 Å². The van der Waals surface area contributed by atoms with Crippen LogP contribution in [0.5, 0.6) is 46.0 Å². The van der Waals surface area contributed by atoms with Gasteiger partial charge in [-0.3, -0.25) is 4.18 Å². The first-order valence-electron chi connectivity index (χ1n) is 21.0. The van der Waals surface area contributed by atoms with E-state index in [9.17, 15) is 13.5 Å². The molecule has 352 valence electrons. The summed E-state index contributed by atoms with van der Waals surface area (Å²) in [6.45, 7) is 9.81. The topological polar surface area (TPSA) is 137 Å². The minimum Gasteiger partial charge on any atom is -0.493 e. The van der Waals surface area contributed by atoms with Crippen LogP contribution in [0.2, 0.25) is 0 Å². The van der Waals surface area contributed by atoms with E-state index in [4.69, 9.17) is 42.1 Å². The zero-order valence-electron chi connectivity index (χ0n) is 39.1. The van der Waals surface area contributed by atoms with Crippen LogP contribution in [0.4, 0.5) is 0 Å². The van der Waals surface area contributed by atoms with E-state index in [0.717, 1.165) is 49.1 Å². The average molecular weight is 959 g/mol. The first-order valence-corrected chi connectivity index (χ1v) is 24.2. The average Bonchev–Trinajstić information content (AvgIpc) is 3.30. The number of aliphatic hydroxyl groups is 1. The molecule has 1 N–H and O–H groups in total. The predicted molar refractivity (Wildman–Crippen MR) is 261 cm³/mol. The maximum absolute atomic E-state index is 13.0. The standard InChI is InChI=1S/C29H32O7S2.C22H26O5S/c1-19-7-10-23(11-8-19)38(30,31)35-18-27(21-16-25(32-4)28(34-6)26(17-21)33-5)37-22-9-12-24-20(15-22)13-14-29(2,3)36-24;1-22(2)9-8-14-10-16(6-7-17(14)27-22)28-20(13-23)15-11-18(24-3)21(26-5)19(12-15)25-4/h7-17,27H,18H2,1-6H3;6-12,20,23H,13H2,1-5H3. The molecule has 0 fully saturated rings. The molecule has 2 aliphatic rings. The van der Waals surface area contributed by atoms with Crippen LogP contribution in [0, 0.1) is 6.92 Å². The lowest BCUT2D eigenvalue weighted by Crippen LogP contribution is -2.27. The third-order valence-electron chi connectivity index (χ3n) is 10.6. The van der Waals surface area contributed by atoms with Crippen LogP contribution in [-0.2, 0) is 14.3 Å². The largest absolute Gasteiger partial charge is 0.493 e. The first kappa shape index (κ1) is 50.0. The molecule has 2 unspecified atom stereocenters. The van der Waals surface area contributed by atoms with Crippen molar-refractivity contribution in [1.82, 2.24) is 0 Å². The maximum atomic E-state index is 13.0. The third-order valence-corrected chi connectivity index (χ3v) is 14.3. The van der Waals surface area contributed by atoms with Gasteiger partial charge in [0.25, 0.3) is 10.1 Å². The summed E-state index contributed by atoms with van der Waals surface area (Å²) in [5.74, 6) is 4.73. The third kappa shape index (κ3) is 12.1. The molecule has 12 nitrogen and oxygen atoms in total. The Morgan fingerprint density at radius 2 is 0.985 bits per heavy atom. The van der Waals surface area contributed by atoms with Crippen molar-refractivity contribution in [2.24, 2.45) is 0 Å². The molecule has 0 spiro atoms. The van der Waals surface area contributed by atoms with E-state index in [0.29, 0.717) is 34.5 Å². The summed E-state index contributed by atoms with van der Waals surface area (Å²) in [5.41, 5.74) is 3.92. The fourth-order valence-corrected chi connectivity index (χ4v) is 10.2. The molecule has 0 saturated heterocycles. The molecule has 2 heterocycles. The van der Waals surface area contributed by atoms with Gasteiger partial charge in [0.15, 0.2) is 23.0 Å². The van der Waals surface area contributed by atoms with Gasteiger partial charge < -0.3 is 43.0 Å². The van der Waals surface area contributed by atoms with Crippen molar-refractivity contribution in [2.45, 2.75) is 71.0 Å². The Morgan fingerprint density at radius 1 is 0.576 bits per heavy atom. The van der Waals surface area contributed by atoms with Gasteiger partial charge in [-0.25, -0.2) is 0 Å². The normalized spacial score (nSPS) is 15.0. The van der Waals surface area contributed by atoms with Crippen LogP contribution >= 0.6 is 23.5 Å². The summed E-state index contributed by atoms with van der Waals surface area (Å²) >= 11 is 3.05. The number of aliphatic hydroxyl groups excluding tert-OH is 1. The molecule has 66 heavy (non-hydrogen) atoms. The number of fused-ring (bicyclic) bond motifs is 2. The maximum Gasteiger partial charge on any atom is 0.297 e. The second-order valence-corrected chi connectivity index (χ2v) is 20.5. The van der Waals surface area contributed by atoms with E-state index in [2.05, 4.69) is 12.1 Å². The van der Waals surface area contributed by atoms with E-state index >= 15 is 0 Å². The van der Waals surface area contributed by atoms with Crippen LogP contribution in [0.25, 0.3) is 12.2 Å². The van der Waals surface area contributed by atoms with Crippen LogP contribution in [0.1, 0.15) is 66.0 Å². The summed E-state index contributed by atoms with van der Waals surface area (Å²) in [5, 5.41) is 9.42. The monoisotopic (exact) mass is 958 g/mol. The Morgan fingerprint density at radius 3 is 1.38 bits per heavy atom. The molecule has 2 atom stereocenters. The fourth-order valence-electron chi connectivity index (χ4n) is 7.10. The lowest BCUT2D eigenvalue weighted by atomic mass is 10.0. The van der Waals surface area contributed by atoms with Crippen molar-refractivity contribution in [1.29, 1.82) is 0 Å². The smallest absolute Gasteiger partial charge is 0.297 e. The minimum atomic E-state index is -3.98. The number of thioether (sulfide) groups is 2. The Bertz CT molecular complexity index is 2610. The van der Waals surface area contributed by atoms with E-state index in [1.54, 1.807) is 71.6 Å². The van der Waals surface area contributed by atoms with E-state index < -0.39 is 15.4 Å². The summed E-state index contributed by atoms with van der Waals surface area (Å²) in [6, 6.07) is 25.9. The number of hydrogen-bond acceptors (Lipinski definition) is 14. The van der Waals surface area contributed by atoms with Gasteiger partial charge in [0.05, 0.1) is 71.3 Å². The molecule has 7 rings (SSSR count). The second-order valence-electron chi connectivity index (χ2n) is 16.3. The van der Waals surface area contributed by atoms with Crippen LogP contribution in [0.3, 0.4) is 0 Å². The Balaban J connectivity index is 0.000000229. The molecule has 0 saturated carbocycles. The number of methoxy groups -OCH3 is 6. The Kier molecular flexibility index (Phi) is 16.2. The summed E-state index contributed by atoms with van der Waals surface area (Å²) in [6.07, 6.45) is 8.18. The fraction of sp³-hybridized carbons (Fsp3) is 0.333. The van der Waals surface area contributed by atoms with Crippen molar-refractivity contribution < 1.29 is 55.6 Å². The summed E-state index contributed by atoms with van der Waals surface area (Å²) in [4.78, 5) is 2.07. The van der Waals surface area contributed by atoms with Crippen molar-refractivity contribution in [3.8, 4) is 46.0 Å². The predicted octanol–water partition coefficient (Wildman–Crippen LogP) is 11.2. The van der Waals surface area contributed by atoms with Gasteiger partial charge in [-0.1, -0.05) is 29.8 Å². The highest BCUT2D eigenvalue weighted by molar-refractivity contribution is 7.99. The van der Waals surface area contributed by atoms with E-state index in [1.165, 1.54) is 18.9 Å². The Labute approximate surface area is 397 Å². The number of benzene rings is 5. The highest BCUT2D eigenvalue weighted by atomic mass is 32.2. The lowest BCUT2D eigenvalue weighted by molar-refractivity contribution is 0.158. The quantitative estimate of drug-likeness (QED) is 0.0699. The molecular formula is C51H58O12S3. The molecule has 5 aromatic carbocycles. The lowest BCUT2D eigenvalue weighted by Gasteiger charge is -2.28. The molecule has 0 bridgehead atoms.